The first kappa shape index (κ1) is 13.4. The minimum atomic E-state index is 0.0204. The second-order valence-electron chi connectivity index (χ2n) is 4.13. The van der Waals surface area contributed by atoms with Crippen molar-refractivity contribution in [2.75, 3.05) is 16.4 Å². The van der Waals surface area contributed by atoms with Crippen LogP contribution >= 0.6 is 11.3 Å². The van der Waals surface area contributed by atoms with E-state index in [4.69, 9.17) is 5.73 Å². The first-order valence-electron chi connectivity index (χ1n) is 6.14. The van der Waals surface area contributed by atoms with Crippen LogP contribution in [0.15, 0.2) is 35.7 Å². The maximum Gasteiger partial charge on any atom is 0.224 e. The third kappa shape index (κ3) is 3.72. The molecule has 0 unspecified atom stereocenters. The van der Waals surface area contributed by atoms with E-state index >= 15 is 0 Å². The highest BCUT2D eigenvalue weighted by molar-refractivity contribution is 7.10. The van der Waals surface area contributed by atoms with Crippen LogP contribution in [0.2, 0.25) is 0 Å². The third-order valence-corrected chi connectivity index (χ3v) is 3.66. The van der Waals surface area contributed by atoms with Gasteiger partial charge in [-0.1, -0.05) is 6.92 Å². The lowest BCUT2D eigenvalue weighted by Gasteiger charge is -2.08. The fourth-order valence-electron chi connectivity index (χ4n) is 1.60. The Bertz CT molecular complexity index is 548. The predicted molar refractivity (Wildman–Crippen MR) is 81.4 cm³/mol. The minimum absolute atomic E-state index is 0.0204. The standard InChI is InChI=1S/C14H17N3OS/c1-2-14(18)17-11-5-3-10(4-6-11)16-9-13-12(15)7-8-19-13/h3-8,16H,2,9,15H2,1H3,(H,17,18). The zero-order chi connectivity index (χ0) is 13.7. The monoisotopic (exact) mass is 275 g/mol. The molecule has 1 heterocycles. The quantitative estimate of drug-likeness (QED) is 0.784. The molecule has 0 aliphatic rings. The summed E-state index contributed by atoms with van der Waals surface area (Å²) in [5, 5.41) is 8.09. The number of nitrogen functional groups attached to an aromatic ring is 1. The molecule has 0 radical (unpaired) electrons. The van der Waals surface area contributed by atoms with Gasteiger partial charge in [0.2, 0.25) is 5.91 Å². The normalized spacial score (nSPS) is 10.2. The molecule has 0 bridgehead atoms. The maximum absolute atomic E-state index is 11.2. The fraction of sp³-hybridized carbons (Fsp3) is 0.214. The van der Waals surface area contributed by atoms with E-state index in [1.54, 1.807) is 11.3 Å². The number of nitrogens with two attached hydrogens (primary N) is 1. The Balaban J connectivity index is 1.92. The van der Waals surface area contributed by atoms with Crippen LogP contribution in [0.4, 0.5) is 17.1 Å². The van der Waals surface area contributed by atoms with E-state index in [9.17, 15) is 4.79 Å². The molecule has 0 spiro atoms. The molecule has 100 valence electrons. The van der Waals surface area contributed by atoms with Gasteiger partial charge in [-0.05, 0) is 35.7 Å². The molecule has 0 fully saturated rings. The van der Waals surface area contributed by atoms with E-state index in [0.717, 1.165) is 21.9 Å². The lowest BCUT2D eigenvalue weighted by Crippen LogP contribution is -2.09. The molecule has 1 aromatic carbocycles. The molecule has 1 aromatic heterocycles. The Kier molecular flexibility index (Phi) is 4.41. The number of amides is 1. The zero-order valence-electron chi connectivity index (χ0n) is 10.8. The minimum Gasteiger partial charge on any atom is -0.398 e. The molecule has 4 N–H and O–H groups in total. The summed E-state index contributed by atoms with van der Waals surface area (Å²) in [6.45, 7) is 2.54. The van der Waals surface area contributed by atoms with Crippen molar-refractivity contribution in [3.63, 3.8) is 0 Å². The summed E-state index contributed by atoms with van der Waals surface area (Å²) in [5.74, 6) is 0.0204. The summed E-state index contributed by atoms with van der Waals surface area (Å²) in [4.78, 5) is 12.4. The molecular formula is C14H17N3OS. The van der Waals surface area contributed by atoms with Crippen LogP contribution in [0.25, 0.3) is 0 Å². The van der Waals surface area contributed by atoms with Crippen molar-refractivity contribution in [3.05, 3.63) is 40.6 Å². The van der Waals surface area contributed by atoms with Crippen molar-refractivity contribution < 1.29 is 4.79 Å². The van der Waals surface area contributed by atoms with E-state index in [1.807, 2.05) is 42.6 Å². The van der Waals surface area contributed by atoms with Gasteiger partial charge < -0.3 is 16.4 Å². The summed E-state index contributed by atoms with van der Waals surface area (Å²) in [5.41, 5.74) is 8.46. The van der Waals surface area contributed by atoms with Crippen LogP contribution in [0.1, 0.15) is 18.2 Å². The first-order valence-corrected chi connectivity index (χ1v) is 7.02. The summed E-state index contributed by atoms with van der Waals surface area (Å²) >= 11 is 1.64. The molecule has 0 aliphatic heterocycles. The number of carbonyl (C=O) groups excluding carboxylic acids is 1. The van der Waals surface area contributed by atoms with Crippen LogP contribution in [-0.2, 0) is 11.3 Å². The molecule has 1 amide bonds. The molecule has 19 heavy (non-hydrogen) atoms. The van der Waals surface area contributed by atoms with Gasteiger partial charge in [0.1, 0.15) is 0 Å². The van der Waals surface area contributed by atoms with E-state index in [2.05, 4.69) is 10.6 Å². The number of hydrogen-bond acceptors (Lipinski definition) is 4. The molecular weight excluding hydrogens is 258 g/mol. The molecule has 4 nitrogen and oxygen atoms in total. The Morgan fingerprint density at radius 3 is 2.47 bits per heavy atom. The number of hydrogen-bond donors (Lipinski definition) is 3. The molecule has 2 aromatic rings. The van der Waals surface area contributed by atoms with Gasteiger partial charge >= 0.3 is 0 Å². The molecule has 0 saturated heterocycles. The maximum atomic E-state index is 11.2. The average molecular weight is 275 g/mol. The van der Waals surface area contributed by atoms with Gasteiger partial charge in [0.05, 0.1) is 6.54 Å². The number of carbonyl (C=O) groups is 1. The van der Waals surface area contributed by atoms with Crippen LogP contribution in [0.3, 0.4) is 0 Å². The van der Waals surface area contributed by atoms with Gasteiger partial charge in [0, 0.05) is 28.4 Å². The Hall–Kier alpha value is -2.01. The smallest absolute Gasteiger partial charge is 0.224 e. The van der Waals surface area contributed by atoms with Crippen molar-refractivity contribution in [1.82, 2.24) is 0 Å². The summed E-state index contributed by atoms with van der Waals surface area (Å²) < 4.78 is 0. The van der Waals surface area contributed by atoms with Crippen LogP contribution in [0.5, 0.6) is 0 Å². The average Bonchev–Trinajstić information content (AvgIpc) is 2.83. The number of thiophene rings is 1. The predicted octanol–water partition coefficient (Wildman–Crippen LogP) is 3.29. The molecule has 5 heteroatoms. The van der Waals surface area contributed by atoms with Gasteiger partial charge in [-0.25, -0.2) is 0 Å². The third-order valence-electron chi connectivity index (χ3n) is 2.72. The second kappa shape index (κ2) is 6.24. The number of rotatable bonds is 5. The lowest BCUT2D eigenvalue weighted by atomic mass is 10.2. The topological polar surface area (TPSA) is 67.2 Å². The van der Waals surface area contributed by atoms with Crippen molar-refractivity contribution in [1.29, 1.82) is 0 Å². The SMILES string of the molecule is CCC(=O)Nc1ccc(NCc2sccc2N)cc1. The van der Waals surface area contributed by atoms with Gasteiger partial charge in [-0.15, -0.1) is 11.3 Å². The summed E-state index contributed by atoms with van der Waals surface area (Å²) in [6, 6.07) is 9.55. The summed E-state index contributed by atoms with van der Waals surface area (Å²) in [6.07, 6.45) is 0.484. The second-order valence-corrected chi connectivity index (χ2v) is 5.13. The van der Waals surface area contributed by atoms with Gasteiger partial charge in [-0.3, -0.25) is 4.79 Å². The van der Waals surface area contributed by atoms with Crippen molar-refractivity contribution in [2.45, 2.75) is 19.9 Å². The van der Waals surface area contributed by atoms with Gasteiger partial charge in [0.25, 0.3) is 0 Å². The Morgan fingerprint density at radius 1 is 1.21 bits per heavy atom. The van der Waals surface area contributed by atoms with Crippen molar-refractivity contribution in [3.8, 4) is 0 Å². The Labute approximate surface area is 116 Å². The molecule has 2 rings (SSSR count). The highest BCUT2D eigenvalue weighted by Gasteiger charge is 2.01. The highest BCUT2D eigenvalue weighted by atomic mass is 32.1. The van der Waals surface area contributed by atoms with E-state index < -0.39 is 0 Å². The van der Waals surface area contributed by atoms with Crippen LogP contribution < -0.4 is 16.4 Å². The van der Waals surface area contributed by atoms with Crippen LogP contribution in [-0.4, -0.2) is 5.91 Å². The highest BCUT2D eigenvalue weighted by Crippen LogP contribution is 2.21. The Morgan fingerprint density at radius 2 is 1.89 bits per heavy atom. The zero-order valence-corrected chi connectivity index (χ0v) is 11.6. The van der Waals surface area contributed by atoms with E-state index in [0.29, 0.717) is 13.0 Å². The van der Waals surface area contributed by atoms with Crippen molar-refractivity contribution in [2.24, 2.45) is 0 Å². The molecule has 0 aliphatic carbocycles. The number of nitrogens with one attached hydrogen (secondary N) is 2. The van der Waals surface area contributed by atoms with Crippen molar-refractivity contribution >= 4 is 34.3 Å². The number of benzene rings is 1. The van der Waals surface area contributed by atoms with E-state index in [1.165, 1.54) is 0 Å². The molecule has 0 atom stereocenters. The van der Waals surface area contributed by atoms with Gasteiger partial charge in [0.15, 0.2) is 0 Å². The molecule has 0 saturated carbocycles. The fourth-order valence-corrected chi connectivity index (χ4v) is 2.34. The van der Waals surface area contributed by atoms with E-state index in [-0.39, 0.29) is 5.91 Å². The lowest BCUT2D eigenvalue weighted by molar-refractivity contribution is -0.115. The largest absolute Gasteiger partial charge is 0.398 e. The summed E-state index contributed by atoms with van der Waals surface area (Å²) in [7, 11) is 0. The first-order chi connectivity index (χ1) is 9.19. The number of anilines is 3. The van der Waals surface area contributed by atoms with Gasteiger partial charge in [-0.2, -0.15) is 0 Å². The van der Waals surface area contributed by atoms with Crippen LogP contribution in [0, 0.1) is 0 Å².